The van der Waals surface area contributed by atoms with E-state index in [1.54, 1.807) is 17.1 Å². The smallest absolute Gasteiger partial charge is 0.313 e. The number of ether oxygens (including phenoxy) is 2. The van der Waals surface area contributed by atoms with Crippen LogP contribution in [0.15, 0.2) is 55.6 Å². The number of unbranched alkanes of at least 4 members (excludes halogenated alkanes) is 2. The van der Waals surface area contributed by atoms with E-state index in [4.69, 9.17) is 9.47 Å². The monoisotopic (exact) mass is 701 g/mol. The zero-order valence-electron chi connectivity index (χ0n) is 26.9. The number of nitrogens with zero attached hydrogens (tertiary/aromatic N) is 2. The summed E-state index contributed by atoms with van der Waals surface area (Å²) in [5, 5.41) is 13.2. The molecule has 3 fully saturated rings. The van der Waals surface area contributed by atoms with Crippen molar-refractivity contribution in [3.05, 3.63) is 61.2 Å². The van der Waals surface area contributed by atoms with Gasteiger partial charge in [0.15, 0.2) is 0 Å². The van der Waals surface area contributed by atoms with Gasteiger partial charge in [-0.25, -0.2) is 0 Å². The van der Waals surface area contributed by atoms with Crippen molar-refractivity contribution in [2.45, 2.75) is 93.5 Å². The molecule has 10 nitrogen and oxygen atoms in total. The molecule has 3 heterocycles. The summed E-state index contributed by atoms with van der Waals surface area (Å²) in [4.78, 5) is 58.4. The molecule has 252 valence electrons. The molecule has 1 spiro atoms. The lowest BCUT2D eigenvalue weighted by molar-refractivity contribution is -0.161. The van der Waals surface area contributed by atoms with Gasteiger partial charge in [0, 0.05) is 24.3 Å². The normalized spacial score (nSPS) is 27.5. The van der Waals surface area contributed by atoms with Crippen molar-refractivity contribution in [1.82, 2.24) is 15.1 Å². The Morgan fingerprint density at radius 3 is 2.59 bits per heavy atom. The number of allylic oxidation sites excluding steroid dienone is 1. The molecule has 46 heavy (non-hydrogen) atoms. The topological polar surface area (TPSA) is 125 Å². The molecule has 0 radical (unpaired) electrons. The number of aliphatic hydroxyl groups is 1. The maximum absolute atomic E-state index is 14.5. The summed E-state index contributed by atoms with van der Waals surface area (Å²) in [6.07, 6.45) is 6.12. The third-order valence-corrected chi connectivity index (χ3v) is 10.3. The predicted molar refractivity (Wildman–Crippen MR) is 178 cm³/mol. The first-order valence-corrected chi connectivity index (χ1v) is 17.4. The molecular formula is C35H48BrN3O7. The summed E-state index contributed by atoms with van der Waals surface area (Å²) in [6, 6.07) is 7.49. The van der Waals surface area contributed by atoms with Gasteiger partial charge in [-0.2, -0.15) is 0 Å². The Morgan fingerprint density at radius 1 is 1.22 bits per heavy atom. The second kappa shape index (κ2) is 16.2. The standard InChI is InChI=1S/C35H48BrN3O7/c1-5-9-14-19-38(18-7-3)33(43)31-35-20-25(36)30(46-35)28(29(35)32(42)39(31)24(8-4)22-40)34(44)45-26(23-15-12-11-13-16-23)21-37-27(41)17-10-6-2/h6-7,11-13,15-16,24-26,28-31,40H,2-3,5,8-10,14,17-22H2,1,4H3,(H,37,41)/t24-,25?,26-,28+,29-,30+,31+,35-/m0/s1. The molecule has 2 N–H and O–H groups in total. The second-order valence-corrected chi connectivity index (χ2v) is 13.6. The molecule has 0 saturated carbocycles. The van der Waals surface area contributed by atoms with Gasteiger partial charge in [0.2, 0.25) is 17.7 Å². The number of hydrogen-bond acceptors (Lipinski definition) is 7. The maximum Gasteiger partial charge on any atom is 0.313 e. The fraction of sp³-hybridized carbons (Fsp3) is 0.600. The summed E-state index contributed by atoms with van der Waals surface area (Å²) >= 11 is 3.71. The molecule has 2 bridgehead atoms. The minimum atomic E-state index is -1.27. The van der Waals surface area contributed by atoms with E-state index in [1.165, 1.54) is 4.90 Å². The highest BCUT2D eigenvalue weighted by atomic mass is 79.9. The molecule has 0 aromatic heterocycles. The van der Waals surface area contributed by atoms with E-state index >= 15 is 0 Å². The van der Waals surface area contributed by atoms with Gasteiger partial charge >= 0.3 is 5.97 Å². The second-order valence-electron chi connectivity index (χ2n) is 12.4. The molecule has 1 aromatic carbocycles. The Morgan fingerprint density at radius 2 is 1.96 bits per heavy atom. The van der Waals surface area contributed by atoms with E-state index in [1.807, 2.05) is 37.3 Å². The number of benzene rings is 1. The Labute approximate surface area is 280 Å². The van der Waals surface area contributed by atoms with Crippen LogP contribution in [0.2, 0.25) is 0 Å². The van der Waals surface area contributed by atoms with Crippen LogP contribution in [0, 0.1) is 11.8 Å². The molecule has 3 saturated heterocycles. The number of carbonyl (C=O) groups is 4. The average molecular weight is 703 g/mol. The number of esters is 1. The Hall–Kier alpha value is -3.02. The van der Waals surface area contributed by atoms with Crippen molar-refractivity contribution in [3.63, 3.8) is 0 Å². The Balaban J connectivity index is 1.67. The molecule has 11 heteroatoms. The number of halogens is 1. The molecular weight excluding hydrogens is 654 g/mol. The minimum Gasteiger partial charge on any atom is -0.455 e. The van der Waals surface area contributed by atoms with Crippen molar-refractivity contribution in [3.8, 4) is 0 Å². The van der Waals surface area contributed by atoms with Crippen LogP contribution >= 0.6 is 15.9 Å². The third kappa shape index (κ3) is 7.11. The van der Waals surface area contributed by atoms with Crippen molar-refractivity contribution < 1.29 is 33.8 Å². The van der Waals surface area contributed by atoms with Crippen LogP contribution < -0.4 is 5.32 Å². The van der Waals surface area contributed by atoms with Crippen molar-refractivity contribution in [1.29, 1.82) is 0 Å². The SMILES string of the molecule is C=CCCC(=O)NC[C@H](OC(=O)[C@H]1[C@@H]2O[C@@]3(CC2Br)[C@@H]1C(=O)N([C@@H](CC)CO)[C@@H]3C(=O)N(CC=C)CCCCC)c1ccccc1. The fourth-order valence-corrected chi connectivity index (χ4v) is 8.18. The third-order valence-electron chi connectivity index (χ3n) is 9.49. The summed E-state index contributed by atoms with van der Waals surface area (Å²) in [5.41, 5.74) is -0.579. The lowest BCUT2D eigenvalue weighted by atomic mass is 9.70. The summed E-state index contributed by atoms with van der Waals surface area (Å²) < 4.78 is 12.8. The fourth-order valence-electron chi connectivity index (χ4n) is 7.24. The Bertz CT molecular complexity index is 1260. The van der Waals surface area contributed by atoms with Gasteiger partial charge in [-0.05, 0) is 31.2 Å². The summed E-state index contributed by atoms with van der Waals surface area (Å²) in [7, 11) is 0. The predicted octanol–water partition coefficient (Wildman–Crippen LogP) is 4.08. The van der Waals surface area contributed by atoms with Gasteiger partial charge in [0.05, 0.1) is 37.1 Å². The van der Waals surface area contributed by atoms with Crippen LogP contribution in [-0.2, 0) is 28.7 Å². The molecule has 3 aliphatic heterocycles. The number of fused-ring (bicyclic) bond motifs is 1. The van der Waals surface area contributed by atoms with E-state index in [-0.39, 0.29) is 42.1 Å². The van der Waals surface area contributed by atoms with Crippen LogP contribution in [-0.4, -0.2) is 93.5 Å². The van der Waals surface area contributed by atoms with Crippen LogP contribution in [0.25, 0.3) is 0 Å². The number of likely N-dealkylation sites (tertiary alicyclic amines) is 1. The highest BCUT2D eigenvalue weighted by Gasteiger charge is 2.77. The van der Waals surface area contributed by atoms with E-state index in [2.05, 4.69) is 41.3 Å². The van der Waals surface area contributed by atoms with E-state index < -0.39 is 47.7 Å². The maximum atomic E-state index is 14.5. The molecule has 3 amide bonds. The molecule has 8 atom stereocenters. The van der Waals surface area contributed by atoms with Gasteiger partial charge in [0.1, 0.15) is 17.7 Å². The van der Waals surface area contributed by atoms with Gasteiger partial charge in [-0.3, -0.25) is 19.2 Å². The quantitative estimate of drug-likeness (QED) is 0.102. The van der Waals surface area contributed by atoms with E-state index in [0.29, 0.717) is 37.9 Å². The number of nitrogens with one attached hydrogen (secondary N) is 1. The molecule has 3 aliphatic rings. The summed E-state index contributed by atoms with van der Waals surface area (Å²) in [5.74, 6) is -3.42. The number of hydrogen-bond donors (Lipinski definition) is 2. The first-order valence-electron chi connectivity index (χ1n) is 16.5. The lowest BCUT2D eigenvalue weighted by Gasteiger charge is -2.39. The van der Waals surface area contributed by atoms with Crippen LogP contribution in [0.3, 0.4) is 0 Å². The largest absolute Gasteiger partial charge is 0.455 e. The number of aliphatic hydroxyl groups excluding tert-OH is 1. The Kier molecular flexibility index (Phi) is 12.6. The van der Waals surface area contributed by atoms with Crippen molar-refractivity contribution in [2.75, 3.05) is 26.2 Å². The minimum absolute atomic E-state index is 0.0510. The first kappa shape index (κ1) is 35.8. The van der Waals surface area contributed by atoms with Gasteiger partial charge < -0.3 is 29.7 Å². The molecule has 0 aliphatic carbocycles. The van der Waals surface area contributed by atoms with Crippen molar-refractivity contribution in [2.24, 2.45) is 11.8 Å². The number of alkyl halides is 1. The summed E-state index contributed by atoms with van der Waals surface area (Å²) in [6.45, 7) is 12.0. The van der Waals surface area contributed by atoms with Gasteiger partial charge in [-0.15, -0.1) is 13.2 Å². The number of amides is 3. The molecule has 1 aromatic rings. The highest BCUT2D eigenvalue weighted by molar-refractivity contribution is 9.09. The number of carbonyl (C=O) groups excluding carboxylic acids is 4. The van der Waals surface area contributed by atoms with E-state index in [0.717, 1.165) is 19.3 Å². The van der Waals surface area contributed by atoms with E-state index in [9.17, 15) is 24.3 Å². The zero-order valence-corrected chi connectivity index (χ0v) is 28.5. The highest BCUT2D eigenvalue weighted by Crippen LogP contribution is 2.61. The molecule has 1 unspecified atom stereocenters. The van der Waals surface area contributed by atoms with Crippen LogP contribution in [0.1, 0.15) is 70.5 Å². The lowest BCUT2D eigenvalue weighted by Crippen LogP contribution is -2.59. The average Bonchev–Trinajstić information content (AvgIpc) is 3.65. The first-order chi connectivity index (χ1) is 22.2. The van der Waals surface area contributed by atoms with Crippen LogP contribution in [0.4, 0.5) is 0 Å². The van der Waals surface area contributed by atoms with Gasteiger partial charge in [-0.1, -0.05) is 85.1 Å². The molecule has 4 rings (SSSR count). The van der Waals surface area contributed by atoms with Crippen LogP contribution in [0.5, 0.6) is 0 Å². The number of rotatable bonds is 18. The van der Waals surface area contributed by atoms with Crippen molar-refractivity contribution >= 4 is 39.6 Å². The zero-order chi connectivity index (χ0) is 33.4. The van der Waals surface area contributed by atoms with Gasteiger partial charge in [0.25, 0.3) is 0 Å².